The second kappa shape index (κ2) is 10.6. The molecule has 7 nitrogen and oxygen atoms in total. The van der Waals surface area contributed by atoms with Crippen LogP contribution in [0.3, 0.4) is 0 Å². The molecule has 2 heterocycles. The molecule has 0 radical (unpaired) electrons. The number of alkyl halides is 3. The van der Waals surface area contributed by atoms with E-state index in [9.17, 15) is 28.0 Å². The standard InChI is InChI=1S/C25H31F3N4O3/c1-4-24(2,3)30-22(33)18-11-13-31(14-12-18)16-17-7-5-8-19(15-17)29-23(34)20-9-6-10-21(32(20)35)25(26,27)28/h5-10,15,18H,4,11-14,16H2,1-3H3,(H,29,34)(H,30,33). The van der Waals surface area contributed by atoms with Crippen molar-refractivity contribution < 1.29 is 27.5 Å². The van der Waals surface area contributed by atoms with Gasteiger partial charge in [0.05, 0.1) is 0 Å². The van der Waals surface area contributed by atoms with Crippen LogP contribution in [0.25, 0.3) is 0 Å². The van der Waals surface area contributed by atoms with E-state index in [2.05, 4.69) is 15.5 Å². The number of hydrogen-bond acceptors (Lipinski definition) is 4. The van der Waals surface area contributed by atoms with E-state index < -0.39 is 28.2 Å². The molecule has 2 aromatic rings. The number of anilines is 1. The van der Waals surface area contributed by atoms with Crippen molar-refractivity contribution in [1.29, 1.82) is 0 Å². The molecule has 0 spiro atoms. The van der Waals surface area contributed by atoms with Crippen molar-refractivity contribution in [3.63, 3.8) is 0 Å². The molecule has 190 valence electrons. The van der Waals surface area contributed by atoms with E-state index >= 15 is 0 Å². The Morgan fingerprint density at radius 2 is 1.77 bits per heavy atom. The predicted octanol–water partition coefficient (Wildman–Crippen LogP) is 4.11. The van der Waals surface area contributed by atoms with Crippen LogP contribution in [0.5, 0.6) is 0 Å². The molecule has 10 heteroatoms. The molecule has 2 amide bonds. The van der Waals surface area contributed by atoms with Gasteiger partial charge >= 0.3 is 12.1 Å². The summed E-state index contributed by atoms with van der Waals surface area (Å²) in [4.78, 5) is 27.3. The molecule has 35 heavy (non-hydrogen) atoms. The number of benzene rings is 1. The zero-order valence-corrected chi connectivity index (χ0v) is 20.1. The minimum atomic E-state index is -4.86. The summed E-state index contributed by atoms with van der Waals surface area (Å²) >= 11 is 0. The van der Waals surface area contributed by atoms with Crippen LogP contribution >= 0.6 is 0 Å². The molecular weight excluding hydrogens is 461 g/mol. The monoisotopic (exact) mass is 492 g/mol. The van der Waals surface area contributed by atoms with E-state index in [-0.39, 0.29) is 17.4 Å². The Balaban J connectivity index is 1.59. The lowest BCUT2D eigenvalue weighted by atomic mass is 9.93. The van der Waals surface area contributed by atoms with Crippen LogP contribution in [0.15, 0.2) is 42.5 Å². The number of pyridine rings is 1. The molecule has 1 fully saturated rings. The van der Waals surface area contributed by atoms with Crippen LogP contribution in [0, 0.1) is 11.1 Å². The molecule has 1 aromatic heterocycles. The number of piperidine rings is 1. The third-order valence-electron chi connectivity index (χ3n) is 6.36. The fourth-order valence-corrected chi connectivity index (χ4v) is 3.95. The molecule has 0 atom stereocenters. The quantitative estimate of drug-likeness (QED) is 0.450. The van der Waals surface area contributed by atoms with Crippen LogP contribution in [0.1, 0.15) is 61.8 Å². The lowest BCUT2D eigenvalue weighted by molar-refractivity contribution is -0.631. The minimum Gasteiger partial charge on any atom is -0.618 e. The van der Waals surface area contributed by atoms with Gasteiger partial charge in [0.25, 0.3) is 11.4 Å². The van der Waals surface area contributed by atoms with Crippen LogP contribution < -0.4 is 15.4 Å². The highest BCUT2D eigenvalue weighted by molar-refractivity contribution is 6.01. The van der Waals surface area contributed by atoms with Gasteiger partial charge in [-0.2, -0.15) is 17.9 Å². The first-order valence-corrected chi connectivity index (χ1v) is 11.6. The van der Waals surface area contributed by atoms with Crippen molar-refractivity contribution in [1.82, 2.24) is 10.2 Å². The van der Waals surface area contributed by atoms with Gasteiger partial charge in [-0.1, -0.05) is 19.1 Å². The first-order chi connectivity index (χ1) is 16.4. The van der Waals surface area contributed by atoms with E-state index in [1.54, 1.807) is 18.2 Å². The van der Waals surface area contributed by atoms with Gasteiger partial charge in [0.15, 0.2) is 0 Å². The summed E-state index contributed by atoms with van der Waals surface area (Å²) in [5.41, 5.74) is -1.04. The molecule has 1 aromatic carbocycles. The van der Waals surface area contributed by atoms with E-state index in [1.807, 2.05) is 26.8 Å². The fraction of sp³-hybridized carbons (Fsp3) is 0.480. The molecule has 1 aliphatic heterocycles. The smallest absolute Gasteiger partial charge is 0.478 e. The number of nitrogens with one attached hydrogen (secondary N) is 2. The maximum Gasteiger partial charge on any atom is 0.478 e. The third kappa shape index (κ3) is 6.94. The highest BCUT2D eigenvalue weighted by atomic mass is 19.4. The van der Waals surface area contributed by atoms with E-state index in [0.29, 0.717) is 18.3 Å². The third-order valence-corrected chi connectivity index (χ3v) is 6.36. The van der Waals surface area contributed by atoms with Gasteiger partial charge in [-0.05, 0) is 70.0 Å². The Bertz CT molecular complexity index is 1060. The van der Waals surface area contributed by atoms with Crippen LogP contribution in [-0.2, 0) is 17.5 Å². The Morgan fingerprint density at radius 3 is 2.40 bits per heavy atom. The average molecular weight is 493 g/mol. The van der Waals surface area contributed by atoms with E-state index in [0.717, 1.165) is 50.0 Å². The molecule has 2 N–H and O–H groups in total. The number of carbonyl (C=O) groups is 2. The number of halogens is 3. The van der Waals surface area contributed by atoms with Crippen LogP contribution in [0.2, 0.25) is 0 Å². The van der Waals surface area contributed by atoms with E-state index in [4.69, 9.17) is 0 Å². The lowest BCUT2D eigenvalue weighted by Crippen LogP contribution is -2.48. The Morgan fingerprint density at radius 1 is 1.11 bits per heavy atom. The van der Waals surface area contributed by atoms with Gasteiger partial charge in [0, 0.05) is 35.8 Å². The van der Waals surface area contributed by atoms with Crippen LogP contribution in [0.4, 0.5) is 18.9 Å². The van der Waals surface area contributed by atoms with Gasteiger partial charge in [-0.25, -0.2) is 0 Å². The first-order valence-electron chi connectivity index (χ1n) is 11.6. The van der Waals surface area contributed by atoms with Gasteiger partial charge in [0.2, 0.25) is 5.91 Å². The van der Waals surface area contributed by atoms with Gasteiger partial charge < -0.3 is 15.8 Å². The number of nitrogens with zero attached hydrogens (tertiary/aromatic N) is 2. The largest absolute Gasteiger partial charge is 0.618 e. The van der Waals surface area contributed by atoms with Crippen molar-refractivity contribution >= 4 is 17.5 Å². The summed E-state index contributed by atoms with van der Waals surface area (Å²) in [5, 5.41) is 17.7. The lowest BCUT2D eigenvalue weighted by Gasteiger charge is -2.33. The summed E-state index contributed by atoms with van der Waals surface area (Å²) in [6.07, 6.45) is -2.51. The van der Waals surface area contributed by atoms with Gasteiger partial charge in [0.1, 0.15) is 0 Å². The molecule has 0 bridgehead atoms. The summed E-state index contributed by atoms with van der Waals surface area (Å²) in [6.45, 7) is 8.16. The van der Waals surface area contributed by atoms with E-state index in [1.165, 1.54) is 0 Å². The fourth-order valence-electron chi connectivity index (χ4n) is 3.95. The number of likely N-dealkylation sites (tertiary alicyclic amines) is 1. The number of carbonyl (C=O) groups excluding carboxylic acids is 2. The minimum absolute atomic E-state index is 0.0195. The topological polar surface area (TPSA) is 88.4 Å². The summed E-state index contributed by atoms with van der Waals surface area (Å²) in [6, 6.07) is 9.64. The second-order valence-corrected chi connectivity index (χ2v) is 9.52. The highest BCUT2D eigenvalue weighted by Gasteiger charge is 2.41. The molecule has 1 aliphatic rings. The number of hydrogen-bond donors (Lipinski definition) is 2. The summed E-state index contributed by atoms with van der Waals surface area (Å²) < 4.78 is 38.5. The van der Waals surface area contributed by atoms with Crippen molar-refractivity contribution in [2.75, 3.05) is 18.4 Å². The number of aromatic nitrogens is 1. The van der Waals surface area contributed by atoms with Crippen molar-refractivity contribution in [2.24, 2.45) is 5.92 Å². The molecule has 3 rings (SSSR count). The molecule has 0 saturated carbocycles. The molecule has 1 saturated heterocycles. The van der Waals surface area contributed by atoms with Gasteiger partial charge in [-0.15, -0.1) is 0 Å². The number of rotatable bonds is 7. The molecule has 0 unspecified atom stereocenters. The Labute approximate surface area is 202 Å². The highest BCUT2D eigenvalue weighted by Crippen LogP contribution is 2.26. The molecule has 0 aliphatic carbocycles. The Kier molecular flexibility index (Phi) is 8.04. The maximum absolute atomic E-state index is 13.0. The average Bonchev–Trinajstić information content (AvgIpc) is 2.79. The first kappa shape index (κ1) is 26.5. The summed E-state index contributed by atoms with van der Waals surface area (Å²) in [5.74, 6) is -0.856. The normalized spacial score (nSPS) is 15.6. The molecular formula is C25H31F3N4O3. The van der Waals surface area contributed by atoms with Crippen LogP contribution in [-0.4, -0.2) is 35.3 Å². The zero-order valence-electron chi connectivity index (χ0n) is 20.1. The second-order valence-electron chi connectivity index (χ2n) is 9.52. The maximum atomic E-state index is 13.0. The summed E-state index contributed by atoms with van der Waals surface area (Å²) in [7, 11) is 0. The Hall–Kier alpha value is -3.14. The van der Waals surface area contributed by atoms with Crippen molar-refractivity contribution in [2.45, 2.75) is 58.3 Å². The van der Waals surface area contributed by atoms with Crippen molar-refractivity contribution in [3.8, 4) is 0 Å². The van der Waals surface area contributed by atoms with Gasteiger partial charge in [-0.3, -0.25) is 14.5 Å². The SMILES string of the molecule is CCC(C)(C)NC(=O)C1CCN(Cc2cccc(NC(=O)c3cccc(C(F)(F)F)[n+]3[O-])c2)CC1. The zero-order chi connectivity index (χ0) is 25.8. The predicted molar refractivity (Wildman–Crippen MR) is 125 cm³/mol. The number of amides is 2. The van der Waals surface area contributed by atoms with Crippen molar-refractivity contribution in [3.05, 3.63) is 64.6 Å².